The molecule has 7 rings (SSSR count). The molecule has 0 unspecified atom stereocenters. The van der Waals surface area contributed by atoms with Crippen LogP contribution in [0.3, 0.4) is 0 Å². The fourth-order valence-electron chi connectivity index (χ4n) is 6.50. The highest BCUT2D eigenvalue weighted by atomic mass is 19.1. The second-order valence-electron chi connectivity index (χ2n) is 12.0. The number of methoxy groups -OCH3 is 1. The molecule has 4 heterocycles. The number of amides is 1. The highest BCUT2D eigenvalue weighted by molar-refractivity contribution is 5.94. The van der Waals surface area contributed by atoms with Gasteiger partial charge in [-0.1, -0.05) is 24.3 Å². The number of benzene rings is 2. The second kappa shape index (κ2) is 13.0. The van der Waals surface area contributed by atoms with Crippen LogP contribution in [0.2, 0.25) is 0 Å². The van der Waals surface area contributed by atoms with Crippen LogP contribution in [-0.4, -0.2) is 71.2 Å². The molecule has 1 aliphatic heterocycles. The zero-order valence-corrected chi connectivity index (χ0v) is 27.0. The van der Waals surface area contributed by atoms with Gasteiger partial charge in [0.2, 0.25) is 0 Å². The summed E-state index contributed by atoms with van der Waals surface area (Å²) in [5.41, 5.74) is 5.54. The minimum Gasteiger partial charge on any atom is -0.497 e. The predicted molar refractivity (Wildman–Crippen MR) is 180 cm³/mol. The third-order valence-electron chi connectivity index (χ3n) is 9.12. The van der Waals surface area contributed by atoms with Crippen molar-refractivity contribution in [3.05, 3.63) is 95.2 Å². The Bertz CT molecular complexity index is 2000. The molecular formula is C36H36FN7O4. The van der Waals surface area contributed by atoms with Crippen molar-refractivity contribution in [2.75, 3.05) is 37.1 Å². The van der Waals surface area contributed by atoms with Crippen LogP contribution in [0.25, 0.3) is 16.9 Å². The number of ether oxygens (including phenoxy) is 2. The number of nitrogens with zero attached hydrogens (tertiary/aromatic N) is 6. The molecule has 48 heavy (non-hydrogen) atoms. The summed E-state index contributed by atoms with van der Waals surface area (Å²) in [6.07, 6.45) is 5.90. The summed E-state index contributed by atoms with van der Waals surface area (Å²) in [4.78, 5) is 37.9. The lowest BCUT2D eigenvalue weighted by Crippen LogP contribution is -2.51. The number of aromatic nitrogens is 4. The quantitative estimate of drug-likeness (QED) is 0.189. The van der Waals surface area contributed by atoms with Crippen LogP contribution < -0.4 is 19.9 Å². The number of rotatable bonds is 11. The summed E-state index contributed by atoms with van der Waals surface area (Å²) in [6, 6.07) is 16.7. The molecule has 0 spiro atoms. The minimum absolute atomic E-state index is 0.00267. The first-order chi connectivity index (χ1) is 23.4. The number of anilines is 3. The van der Waals surface area contributed by atoms with Gasteiger partial charge in [-0.05, 0) is 61.6 Å². The third-order valence-corrected chi connectivity index (χ3v) is 9.12. The highest BCUT2D eigenvalue weighted by Gasteiger charge is 2.34. The number of hydrogen-bond acceptors (Lipinski definition) is 9. The van der Waals surface area contributed by atoms with Gasteiger partial charge in [0.05, 0.1) is 31.1 Å². The molecule has 2 aliphatic rings. The number of fused-ring (bicyclic) bond motifs is 2. The molecule has 0 bridgehead atoms. The van der Waals surface area contributed by atoms with E-state index < -0.39 is 5.82 Å². The van der Waals surface area contributed by atoms with E-state index in [0.717, 1.165) is 41.1 Å². The van der Waals surface area contributed by atoms with Gasteiger partial charge >= 0.3 is 0 Å². The zero-order chi connectivity index (χ0) is 33.4. The van der Waals surface area contributed by atoms with E-state index >= 15 is 4.39 Å². The van der Waals surface area contributed by atoms with Gasteiger partial charge in [-0.3, -0.25) is 14.6 Å². The fraction of sp³-hybridized carbons (Fsp3) is 0.306. The minimum atomic E-state index is -0.555. The summed E-state index contributed by atoms with van der Waals surface area (Å²) in [6.45, 7) is 3.69. The molecule has 0 radical (unpaired) electrons. The van der Waals surface area contributed by atoms with Crippen LogP contribution in [-0.2, 0) is 17.7 Å². The maximum absolute atomic E-state index is 15.1. The van der Waals surface area contributed by atoms with E-state index in [9.17, 15) is 9.59 Å². The van der Waals surface area contributed by atoms with Crippen molar-refractivity contribution >= 4 is 35.0 Å². The van der Waals surface area contributed by atoms with Crippen molar-refractivity contribution in [1.29, 1.82) is 0 Å². The van der Waals surface area contributed by atoms with E-state index in [1.807, 2.05) is 62.5 Å². The Kier molecular flexibility index (Phi) is 8.49. The molecule has 1 N–H and O–H groups in total. The Labute approximate surface area is 277 Å². The normalized spacial score (nSPS) is 16.8. The third kappa shape index (κ3) is 5.72. The van der Waals surface area contributed by atoms with Crippen LogP contribution in [0, 0.1) is 5.82 Å². The molecular weight excluding hydrogens is 613 g/mol. The molecule has 1 amide bonds. The van der Waals surface area contributed by atoms with Gasteiger partial charge < -0.3 is 24.6 Å². The molecule has 2 atom stereocenters. The highest BCUT2D eigenvalue weighted by Crippen LogP contribution is 2.41. The molecule has 12 heteroatoms. The predicted octanol–water partition coefficient (Wildman–Crippen LogP) is 5.38. The number of pyridine rings is 1. The molecule has 5 aromatic rings. The molecule has 11 nitrogen and oxygen atoms in total. The van der Waals surface area contributed by atoms with E-state index in [2.05, 4.69) is 25.1 Å². The topological polar surface area (TPSA) is 114 Å². The van der Waals surface area contributed by atoms with E-state index in [1.54, 1.807) is 17.8 Å². The zero-order valence-electron chi connectivity index (χ0n) is 27.0. The van der Waals surface area contributed by atoms with Gasteiger partial charge in [0.1, 0.15) is 17.3 Å². The maximum Gasteiger partial charge on any atom is 0.271 e. The first-order valence-electron chi connectivity index (χ1n) is 16.0. The van der Waals surface area contributed by atoms with E-state index in [1.165, 1.54) is 12.3 Å². The lowest BCUT2D eigenvalue weighted by atomic mass is 9.89. The summed E-state index contributed by atoms with van der Waals surface area (Å²) in [5, 5.41) is 8.10. The summed E-state index contributed by atoms with van der Waals surface area (Å²) < 4.78 is 27.8. The van der Waals surface area contributed by atoms with Crippen LogP contribution in [0.4, 0.5) is 21.6 Å². The van der Waals surface area contributed by atoms with Crippen molar-refractivity contribution in [1.82, 2.24) is 24.9 Å². The standard InChI is InChI=1S/C36H36FN7O4/c1-4-48-32-13-12-28(32)40-36(46)31-19-39-35-30(42(2)20-22-8-10-24(47-3)11-9-22)17-33(41-44(31)35)43-15-14-25-26(6-5-7-29(25)43)34-27(37)16-23(21-45)18-38-34/h5-11,16-19,21,28,32H,4,12-15,20H2,1-3H3,(H,40,46)/t28-,32-/m1/s1. The first kappa shape index (κ1) is 31.3. The first-order valence-corrected chi connectivity index (χ1v) is 16.0. The molecule has 2 aromatic carbocycles. The van der Waals surface area contributed by atoms with Gasteiger partial charge in [0.15, 0.2) is 23.4 Å². The van der Waals surface area contributed by atoms with Crippen molar-refractivity contribution in [3.63, 3.8) is 0 Å². The summed E-state index contributed by atoms with van der Waals surface area (Å²) in [7, 11) is 3.62. The lowest BCUT2D eigenvalue weighted by Gasteiger charge is -2.36. The Balaban J connectivity index is 1.28. The van der Waals surface area contributed by atoms with Crippen LogP contribution in [0.1, 0.15) is 51.7 Å². The van der Waals surface area contributed by atoms with Gasteiger partial charge in [-0.2, -0.15) is 0 Å². The lowest BCUT2D eigenvalue weighted by molar-refractivity contribution is -0.0181. The Morgan fingerprint density at radius 2 is 1.96 bits per heavy atom. The molecule has 1 saturated carbocycles. The molecule has 246 valence electrons. The monoisotopic (exact) mass is 649 g/mol. The van der Waals surface area contributed by atoms with Crippen molar-refractivity contribution < 1.29 is 23.5 Å². The van der Waals surface area contributed by atoms with E-state index in [0.29, 0.717) is 55.1 Å². The average Bonchev–Trinajstić information content (AvgIpc) is 3.74. The number of hydrogen-bond donors (Lipinski definition) is 1. The Morgan fingerprint density at radius 3 is 2.67 bits per heavy atom. The summed E-state index contributed by atoms with van der Waals surface area (Å²) in [5.74, 6) is 0.566. The van der Waals surface area contributed by atoms with Gasteiger partial charge in [-0.15, -0.1) is 5.10 Å². The maximum atomic E-state index is 15.1. The van der Waals surface area contributed by atoms with Gasteiger partial charge in [-0.25, -0.2) is 13.9 Å². The number of imidazole rings is 1. The van der Waals surface area contributed by atoms with E-state index in [4.69, 9.17) is 14.6 Å². The number of halogens is 1. The molecule has 1 aliphatic carbocycles. The largest absolute Gasteiger partial charge is 0.497 e. The van der Waals surface area contributed by atoms with Crippen molar-refractivity contribution in [2.45, 2.75) is 44.9 Å². The number of aldehydes is 1. The van der Waals surface area contributed by atoms with Crippen molar-refractivity contribution in [3.8, 4) is 17.0 Å². The number of carbonyl (C=O) groups is 2. The smallest absolute Gasteiger partial charge is 0.271 e. The van der Waals surface area contributed by atoms with E-state index in [-0.39, 0.29) is 29.3 Å². The Hall–Kier alpha value is -5.36. The average molecular weight is 650 g/mol. The SMILES string of the molecule is CCO[C@@H]1CC[C@H]1NC(=O)c1cnc2c(N(C)Cc3ccc(OC)cc3)cc(N3CCc4c(-c5ncc(C=O)cc5F)cccc43)nn12. The van der Waals surface area contributed by atoms with Gasteiger partial charge in [0.25, 0.3) is 5.91 Å². The molecule has 0 saturated heterocycles. The van der Waals surface area contributed by atoms with Gasteiger partial charge in [0, 0.05) is 55.8 Å². The molecule has 3 aromatic heterocycles. The molecule has 1 fully saturated rings. The van der Waals surface area contributed by atoms with Crippen molar-refractivity contribution in [2.24, 2.45) is 0 Å². The second-order valence-corrected chi connectivity index (χ2v) is 12.0. The Morgan fingerprint density at radius 1 is 1.12 bits per heavy atom. The van der Waals surface area contributed by atoms with Crippen LogP contribution >= 0.6 is 0 Å². The number of carbonyl (C=O) groups excluding carboxylic acids is 2. The van der Waals surface area contributed by atoms with Crippen LogP contribution in [0.5, 0.6) is 5.75 Å². The fourth-order valence-corrected chi connectivity index (χ4v) is 6.50. The van der Waals surface area contributed by atoms with Crippen LogP contribution in [0.15, 0.2) is 67.0 Å². The number of nitrogens with one attached hydrogen (secondary N) is 1. The summed E-state index contributed by atoms with van der Waals surface area (Å²) >= 11 is 0.